The summed E-state index contributed by atoms with van der Waals surface area (Å²) in [5, 5.41) is 3.30. The van der Waals surface area contributed by atoms with E-state index < -0.39 is 0 Å². The molecule has 2 saturated heterocycles. The molecule has 1 aromatic heterocycles. The zero-order valence-electron chi connectivity index (χ0n) is 15.0. The fourth-order valence-corrected chi connectivity index (χ4v) is 4.64. The van der Waals surface area contributed by atoms with Gasteiger partial charge in [0.2, 0.25) is 0 Å². The van der Waals surface area contributed by atoms with Crippen LogP contribution in [0.1, 0.15) is 27.4 Å². The molecule has 0 radical (unpaired) electrons. The van der Waals surface area contributed by atoms with Crippen LogP contribution in [-0.2, 0) is 4.74 Å². The average molecular weight is 352 g/mol. The van der Waals surface area contributed by atoms with Crippen LogP contribution in [0, 0.1) is 12.8 Å². The van der Waals surface area contributed by atoms with Crippen molar-refractivity contribution in [3.8, 4) is 0 Å². The lowest BCUT2D eigenvalue weighted by Gasteiger charge is -2.31. The molecule has 134 valence electrons. The lowest BCUT2D eigenvalue weighted by atomic mass is 10.0. The van der Waals surface area contributed by atoms with Crippen molar-refractivity contribution in [1.82, 2.24) is 15.1 Å². The van der Waals surface area contributed by atoms with Crippen molar-refractivity contribution in [2.45, 2.75) is 31.8 Å². The van der Waals surface area contributed by atoms with Gasteiger partial charge < -0.3 is 15.0 Å². The molecule has 0 saturated carbocycles. The Balaban J connectivity index is 1.65. The van der Waals surface area contributed by atoms with Crippen LogP contribution in [0.2, 0.25) is 0 Å². The molecule has 2 aliphatic heterocycles. The summed E-state index contributed by atoms with van der Waals surface area (Å²) in [6, 6.07) is 4.78. The second-order valence-electron chi connectivity index (χ2n) is 7.31. The largest absolute Gasteiger partial charge is 0.381 e. The second-order valence-corrected chi connectivity index (χ2v) is 8.60. The van der Waals surface area contributed by atoms with Crippen molar-refractivity contribution in [2.24, 2.45) is 5.92 Å². The topological polar surface area (TPSA) is 44.8 Å². The number of likely N-dealkylation sites (tertiary alicyclic amines) is 1. The number of nitrogens with zero attached hydrogens (tertiary/aromatic N) is 2. The predicted molar refractivity (Wildman–Crippen MR) is 97.8 cm³/mol. The van der Waals surface area contributed by atoms with Crippen molar-refractivity contribution in [3.63, 3.8) is 0 Å². The number of hydrogen-bond acceptors (Lipinski definition) is 5. The molecule has 1 aromatic rings. The van der Waals surface area contributed by atoms with Gasteiger partial charge in [0.25, 0.3) is 5.91 Å². The molecule has 0 aromatic carbocycles. The number of aryl methyl sites for hydroxylation is 1. The lowest BCUT2D eigenvalue weighted by molar-refractivity contribution is 0.0403. The Morgan fingerprint density at radius 3 is 2.71 bits per heavy atom. The molecule has 0 unspecified atom stereocenters. The van der Waals surface area contributed by atoms with E-state index in [9.17, 15) is 4.79 Å². The number of nitrogens with one attached hydrogen (secondary N) is 1. The van der Waals surface area contributed by atoms with Crippen molar-refractivity contribution in [2.75, 3.05) is 46.9 Å². The minimum atomic E-state index is 0.0793. The van der Waals surface area contributed by atoms with Crippen molar-refractivity contribution < 1.29 is 9.53 Å². The summed E-state index contributed by atoms with van der Waals surface area (Å²) in [5.74, 6) is 0.559. The third kappa shape index (κ3) is 4.36. The van der Waals surface area contributed by atoms with E-state index >= 15 is 0 Å². The highest BCUT2D eigenvalue weighted by Gasteiger charge is 2.37. The van der Waals surface area contributed by atoms with Crippen molar-refractivity contribution in [3.05, 3.63) is 21.9 Å². The van der Waals surface area contributed by atoms with Crippen LogP contribution in [0.15, 0.2) is 12.1 Å². The minimum Gasteiger partial charge on any atom is -0.381 e. The fraction of sp³-hybridized carbons (Fsp3) is 0.722. The zero-order valence-corrected chi connectivity index (χ0v) is 15.8. The highest BCUT2D eigenvalue weighted by atomic mass is 32.1. The van der Waals surface area contributed by atoms with Gasteiger partial charge in [-0.1, -0.05) is 0 Å². The van der Waals surface area contributed by atoms with Gasteiger partial charge in [-0.25, -0.2) is 0 Å². The van der Waals surface area contributed by atoms with E-state index in [0.29, 0.717) is 12.0 Å². The summed E-state index contributed by atoms with van der Waals surface area (Å²) in [4.78, 5) is 19.4. The van der Waals surface area contributed by atoms with Crippen LogP contribution in [-0.4, -0.2) is 74.7 Å². The molecule has 24 heavy (non-hydrogen) atoms. The Kier molecular flexibility index (Phi) is 5.92. The van der Waals surface area contributed by atoms with E-state index in [0.717, 1.165) is 50.6 Å². The predicted octanol–water partition coefficient (Wildman–Crippen LogP) is 1.83. The molecule has 0 bridgehead atoms. The number of amides is 1. The van der Waals surface area contributed by atoms with Gasteiger partial charge in [0, 0.05) is 55.7 Å². The van der Waals surface area contributed by atoms with Crippen LogP contribution >= 0.6 is 11.3 Å². The second kappa shape index (κ2) is 7.95. The zero-order chi connectivity index (χ0) is 17.1. The number of hydrogen-bond donors (Lipinski definition) is 1. The maximum atomic E-state index is 12.6. The Bertz CT molecular complexity index is 554. The van der Waals surface area contributed by atoms with Gasteiger partial charge in [-0.05, 0) is 46.0 Å². The van der Waals surface area contributed by atoms with Gasteiger partial charge in [-0.15, -0.1) is 11.3 Å². The van der Waals surface area contributed by atoms with Gasteiger partial charge in [0.05, 0.1) is 4.88 Å². The molecule has 6 heteroatoms. The number of ether oxygens (including phenoxy) is 1. The van der Waals surface area contributed by atoms with Gasteiger partial charge >= 0.3 is 0 Å². The summed E-state index contributed by atoms with van der Waals surface area (Å²) >= 11 is 1.57. The minimum absolute atomic E-state index is 0.0793. The molecule has 1 amide bonds. The first-order valence-corrected chi connectivity index (χ1v) is 9.68. The molecule has 0 spiro atoms. The average Bonchev–Trinajstić information content (AvgIpc) is 3.15. The van der Waals surface area contributed by atoms with E-state index in [4.69, 9.17) is 4.74 Å². The summed E-state index contributed by atoms with van der Waals surface area (Å²) in [6.45, 7) is 6.80. The van der Waals surface area contributed by atoms with Gasteiger partial charge in [-0.3, -0.25) is 9.69 Å². The fourth-order valence-electron chi connectivity index (χ4n) is 3.87. The molecule has 1 N–H and O–H groups in total. The summed E-state index contributed by atoms with van der Waals surface area (Å²) < 4.78 is 5.50. The Morgan fingerprint density at radius 1 is 1.33 bits per heavy atom. The molecule has 0 aliphatic carbocycles. The van der Waals surface area contributed by atoms with Crippen LogP contribution < -0.4 is 5.32 Å². The van der Waals surface area contributed by atoms with E-state index in [1.54, 1.807) is 11.3 Å². The summed E-state index contributed by atoms with van der Waals surface area (Å²) in [5.41, 5.74) is 0. The normalized spacial score (nSPS) is 26.2. The van der Waals surface area contributed by atoms with Gasteiger partial charge in [0.1, 0.15) is 0 Å². The van der Waals surface area contributed by atoms with Crippen LogP contribution in [0.4, 0.5) is 0 Å². The van der Waals surface area contributed by atoms with E-state index in [-0.39, 0.29) is 11.9 Å². The summed E-state index contributed by atoms with van der Waals surface area (Å²) in [7, 11) is 4.22. The van der Waals surface area contributed by atoms with Crippen LogP contribution in [0.3, 0.4) is 0 Å². The van der Waals surface area contributed by atoms with Crippen molar-refractivity contribution >= 4 is 17.2 Å². The Labute approximate surface area is 149 Å². The number of carbonyl (C=O) groups excluding carboxylic acids is 1. The molecule has 2 fully saturated rings. The third-order valence-corrected chi connectivity index (χ3v) is 6.06. The highest BCUT2D eigenvalue weighted by Crippen LogP contribution is 2.25. The van der Waals surface area contributed by atoms with E-state index in [1.807, 2.05) is 19.1 Å². The summed E-state index contributed by atoms with van der Waals surface area (Å²) in [6.07, 6.45) is 2.22. The smallest absolute Gasteiger partial charge is 0.261 e. The number of rotatable bonds is 5. The monoisotopic (exact) mass is 351 g/mol. The van der Waals surface area contributed by atoms with Crippen LogP contribution in [0.25, 0.3) is 0 Å². The third-order valence-electron chi connectivity index (χ3n) is 5.06. The Morgan fingerprint density at radius 2 is 2.08 bits per heavy atom. The first-order valence-electron chi connectivity index (χ1n) is 8.86. The first-order chi connectivity index (χ1) is 11.5. The standard InChI is InChI=1S/C18H29N3O2S/c1-13-4-5-17(24-13)18(22)19-16-12-21(11-14(16)10-20(2)3)15-6-8-23-9-7-15/h4-5,14-16H,6-12H2,1-3H3,(H,19,22)/t14-,16-/m1/s1. The maximum Gasteiger partial charge on any atom is 0.261 e. The van der Waals surface area contributed by atoms with Gasteiger partial charge in [0.15, 0.2) is 0 Å². The van der Waals surface area contributed by atoms with E-state index in [2.05, 4.69) is 29.2 Å². The van der Waals surface area contributed by atoms with Crippen LogP contribution in [0.5, 0.6) is 0 Å². The highest BCUT2D eigenvalue weighted by molar-refractivity contribution is 7.13. The molecule has 3 heterocycles. The number of carbonyl (C=O) groups is 1. The molecule has 2 atom stereocenters. The van der Waals surface area contributed by atoms with E-state index in [1.165, 1.54) is 4.88 Å². The SMILES string of the molecule is Cc1ccc(C(=O)N[C@@H]2CN(C3CCOCC3)C[C@H]2CN(C)C)s1. The molecule has 5 nitrogen and oxygen atoms in total. The lowest BCUT2D eigenvalue weighted by Crippen LogP contribution is -2.43. The van der Waals surface area contributed by atoms with Gasteiger partial charge in [-0.2, -0.15) is 0 Å². The Hall–Kier alpha value is -0.950. The molecular weight excluding hydrogens is 322 g/mol. The number of thiophene rings is 1. The molecular formula is C18H29N3O2S. The quantitative estimate of drug-likeness (QED) is 0.879. The first kappa shape index (κ1) is 17.9. The molecule has 3 rings (SSSR count). The van der Waals surface area contributed by atoms with Crippen molar-refractivity contribution in [1.29, 1.82) is 0 Å². The maximum absolute atomic E-state index is 12.6. The molecule has 2 aliphatic rings.